The summed E-state index contributed by atoms with van der Waals surface area (Å²) < 4.78 is 7.30. The average Bonchev–Trinajstić information content (AvgIpc) is 3.22. The molecule has 0 saturated heterocycles. The van der Waals surface area contributed by atoms with E-state index in [4.69, 9.17) is 4.74 Å². The molecule has 0 aliphatic heterocycles. The van der Waals surface area contributed by atoms with Crippen LogP contribution in [0.15, 0.2) is 109 Å². The van der Waals surface area contributed by atoms with Gasteiger partial charge in [0.2, 0.25) is 0 Å². The zero-order chi connectivity index (χ0) is 24.4. The van der Waals surface area contributed by atoms with E-state index >= 15 is 0 Å². The van der Waals surface area contributed by atoms with Crippen LogP contribution in [0.3, 0.4) is 0 Å². The molecule has 0 fully saturated rings. The second-order valence-electron chi connectivity index (χ2n) is 7.78. The van der Waals surface area contributed by atoms with Gasteiger partial charge >= 0.3 is 5.97 Å². The van der Waals surface area contributed by atoms with Gasteiger partial charge in [0.15, 0.2) is 5.75 Å². The molecule has 0 atom stereocenters. The van der Waals surface area contributed by atoms with Crippen LogP contribution >= 0.6 is 0 Å². The molecule has 35 heavy (non-hydrogen) atoms. The maximum Gasteiger partial charge on any atom is 0.343 e. The van der Waals surface area contributed by atoms with Crippen molar-refractivity contribution in [1.82, 2.24) is 4.57 Å². The molecule has 0 unspecified atom stereocenters. The lowest BCUT2D eigenvalue weighted by Gasteiger charge is -2.21. The first-order valence-corrected chi connectivity index (χ1v) is 10.8. The number of aromatic nitrogens is 1. The van der Waals surface area contributed by atoms with E-state index < -0.39 is 5.97 Å². The molecule has 0 spiro atoms. The number of hydrogen-bond donors (Lipinski definition) is 1. The molecule has 1 aromatic heterocycles. The highest BCUT2D eigenvalue weighted by atomic mass is 16.8. The largest absolute Gasteiger partial charge is 0.733 e. The number of nitrogens with zero attached hydrogens (tertiary/aromatic N) is 2. The summed E-state index contributed by atoms with van der Waals surface area (Å²) in [6.07, 6.45) is 0. The third-order valence-corrected chi connectivity index (χ3v) is 5.60. The SMILES string of the molecule is O=C(Oc1c(-c2ccccc2)n(C(=O)c2ccccc2)c2cc(N([O-])O)ccc12)c1ccccc1. The summed E-state index contributed by atoms with van der Waals surface area (Å²) in [5.41, 5.74) is 1.97. The van der Waals surface area contributed by atoms with Gasteiger partial charge < -0.3 is 15.2 Å². The topological polar surface area (TPSA) is 94.8 Å². The molecular formula is C28H19N2O5-. The molecule has 0 radical (unpaired) electrons. The fourth-order valence-corrected chi connectivity index (χ4v) is 3.97. The van der Waals surface area contributed by atoms with E-state index in [0.29, 0.717) is 33.3 Å². The predicted molar refractivity (Wildman–Crippen MR) is 133 cm³/mol. The van der Waals surface area contributed by atoms with Gasteiger partial charge in [-0.2, -0.15) is 0 Å². The van der Waals surface area contributed by atoms with Crippen LogP contribution in [-0.4, -0.2) is 21.7 Å². The van der Waals surface area contributed by atoms with Crippen molar-refractivity contribution in [3.8, 4) is 17.0 Å². The van der Waals surface area contributed by atoms with Gasteiger partial charge in [0.25, 0.3) is 5.91 Å². The van der Waals surface area contributed by atoms with Gasteiger partial charge in [-0.15, -0.1) is 0 Å². The van der Waals surface area contributed by atoms with E-state index in [1.54, 1.807) is 78.9 Å². The van der Waals surface area contributed by atoms with Gasteiger partial charge in [0.1, 0.15) is 0 Å². The Balaban J connectivity index is 1.81. The van der Waals surface area contributed by atoms with Crippen LogP contribution in [0.4, 0.5) is 5.69 Å². The van der Waals surface area contributed by atoms with Crippen molar-refractivity contribution in [2.24, 2.45) is 0 Å². The average molecular weight is 463 g/mol. The number of anilines is 1. The molecular weight excluding hydrogens is 444 g/mol. The van der Waals surface area contributed by atoms with Crippen LogP contribution in [0.25, 0.3) is 22.2 Å². The highest BCUT2D eigenvalue weighted by molar-refractivity contribution is 6.10. The lowest BCUT2D eigenvalue weighted by Crippen LogP contribution is -2.14. The predicted octanol–water partition coefficient (Wildman–Crippen LogP) is 5.91. The molecule has 5 rings (SSSR count). The maximum atomic E-state index is 13.8. The van der Waals surface area contributed by atoms with Crippen molar-refractivity contribution < 1.29 is 19.5 Å². The fourth-order valence-electron chi connectivity index (χ4n) is 3.97. The van der Waals surface area contributed by atoms with Crippen LogP contribution in [-0.2, 0) is 0 Å². The Morgan fingerprint density at radius 2 is 1.34 bits per heavy atom. The number of carbonyl (C=O) groups is 2. The van der Waals surface area contributed by atoms with Crippen molar-refractivity contribution in [1.29, 1.82) is 0 Å². The number of carbonyl (C=O) groups excluding carboxylic acids is 2. The van der Waals surface area contributed by atoms with Crippen molar-refractivity contribution in [3.63, 3.8) is 0 Å². The van der Waals surface area contributed by atoms with E-state index in [1.165, 1.54) is 16.7 Å². The van der Waals surface area contributed by atoms with Crippen molar-refractivity contribution in [3.05, 3.63) is 126 Å². The molecule has 172 valence electrons. The first kappa shape index (κ1) is 22.1. The second kappa shape index (κ2) is 9.26. The summed E-state index contributed by atoms with van der Waals surface area (Å²) in [6, 6.07) is 30.5. The Hall–Kier alpha value is -4.72. The Morgan fingerprint density at radius 1 is 0.771 bits per heavy atom. The number of ether oxygens (including phenoxy) is 1. The summed E-state index contributed by atoms with van der Waals surface area (Å²) in [6.45, 7) is 0. The number of benzene rings is 4. The van der Waals surface area contributed by atoms with Crippen LogP contribution < -0.4 is 9.96 Å². The molecule has 1 N–H and O–H groups in total. The Bertz CT molecular complexity index is 1510. The van der Waals surface area contributed by atoms with Gasteiger partial charge in [0.05, 0.1) is 22.5 Å². The second-order valence-corrected chi connectivity index (χ2v) is 7.78. The number of rotatable bonds is 5. The molecule has 0 aliphatic rings. The van der Waals surface area contributed by atoms with E-state index in [1.807, 2.05) is 18.2 Å². The molecule has 4 aromatic carbocycles. The van der Waals surface area contributed by atoms with Gasteiger partial charge in [0, 0.05) is 16.5 Å². The molecule has 0 aliphatic carbocycles. The Morgan fingerprint density at radius 3 is 1.94 bits per heavy atom. The maximum absolute atomic E-state index is 13.8. The first-order valence-electron chi connectivity index (χ1n) is 10.8. The first-order chi connectivity index (χ1) is 17.0. The minimum atomic E-state index is -0.592. The Kier molecular flexibility index (Phi) is 5.85. The summed E-state index contributed by atoms with van der Waals surface area (Å²) in [5.74, 6) is -0.805. The van der Waals surface area contributed by atoms with Crippen LogP contribution in [0.5, 0.6) is 5.75 Å². The van der Waals surface area contributed by atoms with Crippen LogP contribution in [0, 0.1) is 5.21 Å². The molecule has 7 nitrogen and oxygen atoms in total. The number of esters is 1. The van der Waals surface area contributed by atoms with Crippen molar-refractivity contribution >= 4 is 28.5 Å². The Labute approximate surface area is 200 Å². The number of fused-ring (bicyclic) bond motifs is 1. The minimum absolute atomic E-state index is 0.0716. The highest BCUT2D eigenvalue weighted by Gasteiger charge is 2.27. The van der Waals surface area contributed by atoms with Crippen LogP contribution in [0.1, 0.15) is 20.7 Å². The third kappa shape index (κ3) is 4.17. The number of hydrogen-bond acceptors (Lipinski definition) is 6. The van der Waals surface area contributed by atoms with E-state index in [0.717, 1.165) is 0 Å². The van der Waals surface area contributed by atoms with Gasteiger partial charge in [-0.1, -0.05) is 66.7 Å². The molecule has 0 bridgehead atoms. The summed E-state index contributed by atoms with van der Waals surface area (Å²) >= 11 is 0. The van der Waals surface area contributed by atoms with E-state index in [2.05, 4.69) is 0 Å². The van der Waals surface area contributed by atoms with Gasteiger partial charge in [-0.3, -0.25) is 14.6 Å². The summed E-state index contributed by atoms with van der Waals surface area (Å²) in [4.78, 5) is 26.8. The van der Waals surface area contributed by atoms with Crippen molar-refractivity contribution in [2.45, 2.75) is 0 Å². The molecule has 0 amide bonds. The minimum Gasteiger partial charge on any atom is -0.733 e. The quantitative estimate of drug-likeness (QED) is 0.257. The van der Waals surface area contributed by atoms with Crippen LogP contribution in [0.2, 0.25) is 0 Å². The fraction of sp³-hybridized carbons (Fsp3) is 0. The van der Waals surface area contributed by atoms with E-state index in [9.17, 15) is 20.0 Å². The third-order valence-electron chi connectivity index (χ3n) is 5.60. The highest BCUT2D eigenvalue weighted by Crippen LogP contribution is 2.42. The lowest BCUT2D eigenvalue weighted by atomic mass is 10.1. The van der Waals surface area contributed by atoms with Crippen molar-refractivity contribution in [2.75, 3.05) is 5.23 Å². The summed E-state index contributed by atoms with van der Waals surface area (Å²) in [7, 11) is 0. The molecule has 7 heteroatoms. The van der Waals surface area contributed by atoms with E-state index in [-0.39, 0.29) is 22.6 Å². The lowest BCUT2D eigenvalue weighted by molar-refractivity contribution is 0.0736. The zero-order valence-electron chi connectivity index (χ0n) is 18.4. The monoisotopic (exact) mass is 463 g/mol. The summed E-state index contributed by atoms with van der Waals surface area (Å²) in [5, 5.41) is 21.3. The molecule has 0 saturated carbocycles. The zero-order valence-corrected chi connectivity index (χ0v) is 18.4. The molecule has 1 heterocycles. The standard InChI is InChI=1S/C28H19N2O5/c31-27(20-12-6-2-7-13-20)29-24-18-22(30(33)34)16-17-23(24)26(25(29)19-10-4-1-5-11-19)35-28(32)21-14-8-3-9-15-21/h1-18,33H/q-1. The molecule has 5 aromatic rings. The smallest absolute Gasteiger partial charge is 0.343 e. The normalized spacial score (nSPS) is 10.8. The van der Waals surface area contributed by atoms with Gasteiger partial charge in [-0.25, -0.2) is 4.79 Å². The van der Waals surface area contributed by atoms with Gasteiger partial charge in [-0.05, 0) is 42.5 Å².